The molecule has 0 radical (unpaired) electrons. The molecular formula is C14H13FN6O. The zero-order valence-electron chi connectivity index (χ0n) is 11.7. The second kappa shape index (κ2) is 5.76. The largest absolute Gasteiger partial charge is 0.359 e. The second-order valence-corrected chi connectivity index (χ2v) is 4.60. The van der Waals surface area contributed by atoms with Crippen LogP contribution in [0, 0.1) is 5.82 Å². The van der Waals surface area contributed by atoms with Gasteiger partial charge in [0.1, 0.15) is 17.3 Å². The SMILES string of the molecule is CNC(=O)Cc1nc(-c2cc(-c3ccccc3F)n[nH]2)n[nH]1. The molecule has 0 saturated heterocycles. The summed E-state index contributed by atoms with van der Waals surface area (Å²) in [7, 11) is 1.55. The molecule has 0 unspecified atom stereocenters. The number of aromatic nitrogens is 5. The van der Waals surface area contributed by atoms with Crippen molar-refractivity contribution < 1.29 is 9.18 Å². The van der Waals surface area contributed by atoms with Crippen molar-refractivity contribution in [3.05, 3.63) is 42.0 Å². The predicted molar refractivity (Wildman–Crippen MR) is 77.1 cm³/mol. The van der Waals surface area contributed by atoms with E-state index in [2.05, 4.69) is 30.7 Å². The van der Waals surface area contributed by atoms with Crippen molar-refractivity contribution in [3.63, 3.8) is 0 Å². The van der Waals surface area contributed by atoms with Gasteiger partial charge in [0.05, 0.1) is 12.1 Å². The maximum Gasteiger partial charge on any atom is 0.227 e. The van der Waals surface area contributed by atoms with Gasteiger partial charge in [-0.2, -0.15) is 10.2 Å². The van der Waals surface area contributed by atoms with Crippen molar-refractivity contribution in [1.29, 1.82) is 0 Å². The standard InChI is InChI=1S/C14H13FN6O/c1-16-13(22)7-12-17-14(21-20-12)11-6-10(18-19-11)8-4-2-3-5-9(8)15/h2-6H,7H2,1H3,(H,16,22)(H,18,19)(H,17,20,21). The van der Waals surface area contributed by atoms with Gasteiger partial charge in [0, 0.05) is 12.6 Å². The fraction of sp³-hybridized carbons (Fsp3) is 0.143. The summed E-state index contributed by atoms with van der Waals surface area (Å²) >= 11 is 0. The Hall–Kier alpha value is -3.03. The van der Waals surface area contributed by atoms with Crippen molar-refractivity contribution in [2.24, 2.45) is 0 Å². The van der Waals surface area contributed by atoms with Gasteiger partial charge < -0.3 is 5.32 Å². The lowest BCUT2D eigenvalue weighted by Gasteiger charge is -1.96. The minimum atomic E-state index is -0.351. The van der Waals surface area contributed by atoms with E-state index in [9.17, 15) is 9.18 Å². The molecule has 3 N–H and O–H groups in total. The van der Waals surface area contributed by atoms with Gasteiger partial charge in [0.15, 0.2) is 5.82 Å². The van der Waals surface area contributed by atoms with Crippen molar-refractivity contribution in [2.45, 2.75) is 6.42 Å². The van der Waals surface area contributed by atoms with Crippen LogP contribution in [0.3, 0.4) is 0 Å². The molecule has 0 bridgehead atoms. The number of hydrogen-bond donors (Lipinski definition) is 3. The molecule has 0 fully saturated rings. The Labute approximate surface area is 125 Å². The van der Waals surface area contributed by atoms with Gasteiger partial charge in [0.25, 0.3) is 0 Å². The van der Waals surface area contributed by atoms with E-state index in [1.807, 2.05) is 0 Å². The number of benzene rings is 1. The van der Waals surface area contributed by atoms with E-state index in [-0.39, 0.29) is 18.1 Å². The van der Waals surface area contributed by atoms with Crippen LogP contribution in [0.1, 0.15) is 5.82 Å². The molecule has 3 aromatic rings. The molecule has 3 rings (SSSR count). The van der Waals surface area contributed by atoms with Crippen molar-refractivity contribution in [1.82, 2.24) is 30.7 Å². The molecule has 0 atom stereocenters. The molecule has 0 aliphatic heterocycles. The number of aromatic amines is 2. The molecule has 1 aromatic carbocycles. The van der Waals surface area contributed by atoms with Crippen LogP contribution >= 0.6 is 0 Å². The highest BCUT2D eigenvalue weighted by molar-refractivity contribution is 5.77. The Morgan fingerprint density at radius 1 is 1.27 bits per heavy atom. The van der Waals surface area contributed by atoms with Crippen LogP contribution in [0.25, 0.3) is 22.8 Å². The lowest BCUT2D eigenvalue weighted by Crippen LogP contribution is -2.20. The van der Waals surface area contributed by atoms with Gasteiger partial charge in [-0.25, -0.2) is 9.37 Å². The van der Waals surface area contributed by atoms with Crippen LogP contribution in [0.2, 0.25) is 0 Å². The third-order valence-corrected chi connectivity index (χ3v) is 3.11. The zero-order chi connectivity index (χ0) is 15.5. The van der Waals surface area contributed by atoms with E-state index in [1.54, 1.807) is 31.3 Å². The fourth-order valence-corrected chi connectivity index (χ4v) is 1.98. The quantitative estimate of drug-likeness (QED) is 0.676. The van der Waals surface area contributed by atoms with Crippen LogP contribution < -0.4 is 5.32 Å². The number of H-pyrrole nitrogens is 2. The molecule has 8 heteroatoms. The summed E-state index contributed by atoms with van der Waals surface area (Å²) in [6.45, 7) is 0. The molecule has 1 amide bonds. The summed E-state index contributed by atoms with van der Waals surface area (Å²) in [5, 5.41) is 16.1. The monoisotopic (exact) mass is 300 g/mol. The highest BCUT2D eigenvalue weighted by Crippen LogP contribution is 2.23. The first-order valence-electron chi connectivity index (χ1n) is 6.60. The van der Waals surface area contributed by atoms with Crippen molar-refractivity contribution in [2.75, 3.05) is 7.05 Å². The maximum atomic E-state index is 13.7. The molecule has 2 heterocycles. The Morgan fingerprint density at radius 3 is 2.86 bits per heavy atom. The van der Waals surface area contributed by atoms with E-state index >= 15 is 0 Å². The highest BCUT2D eigenvalue weighted by atomic mass is 19.1. The van der Waals surface area contributed by atoms with E-state index in [0.717, 1.165) is 0 Å². The number of carbonyl (C=O) groups excluding carboxylic acids is 1. The molecule has 22 heavy (non-hydrogen) atoms. The summed E-state index contributed by atoms with van der Waals surface area (Å²) in [6, 6.07) is 8.03. The van der Waals surface area contributed by atoms with E-state index in [0.29, 0.717) is 28.6 Å². The number of likely N-dealkylation sites (N-methyl/N-ethyl adjacent to an activating group) is 1. The van der Waals surface area contributed by atoms with Gasteiger partial charge >= 0.3 is 0 Å². The number of rotatable bonds is 4. The molecule has 2 aromatic heterocycles. The number of nitrogens with one attached hydrogen (secondary N) is 3. The number of halogens is 1. The third-order valence-electron chi connectivity index (χ3n) is 3.11. The molecule has 0 spiro atoms. The van der Waals surface area contributed by atoms with Crippen LogP contribution in [0.5, 0.6) is 0 Å². The lowest BCUT2D eigenvalue weighted by atomic mass is 10.1. The number of carbonyl (C=O) groups is 1. The molecule has 0 aliphatic rings. The summed E-state index contributed by atoms with van der Waals surface area (Å²) in [4.78, 5) is 15.5. The summed E-state index contributed by atoms with van der Waals surface area (Å²) in [5.41, 5.74) is 1.40. The molecule has 7 nitrogen and oxygen atoms in total. The van der Waals surface area contributed by atoms with Gasteiger partial charge in [0.2, 0.25) is 5.91 Å². The Balaban J connectivity index is 1.85. The zero-order valence-corrected chi connectivity index (χ0v) is 11.7. The molecule has 112 valence electrons. The smallest absolute Gasteiger partial charge is 0.227 e. The maximum absolute atomic E-state index is 13.7. The first-order valence-corrected chi connectivity index (χ1v) is 6.60. The minimum Gasteiger partial charge on any atom is -0.359 e. The minimum absolute atomic E-state index is 0.109. The van der Waals surface area contributed by atoms with E-state index in [4.69, 9.17) is 0 Å². The average Bonchev–Trinajstić information content (AvgIpc) is 3.16. The summed E-state index contributed by atoms with van der Waals surface area (Å²) in [6.07, 6.45) is 0.109. The van der Waals surface area contributed by atoms with Gasteiger partial charge in [-0.1, -0.05) is 12.1 Å². The fourth-order valence-electron chi connectivity index (χ4n) is 1.98. The van der Waals surface area contributed by atoms with Gasteiger partial charge in [-0.3, -0.25) is 15.0 Å². The van der Waals surface area contributed by atoms with Gasteiger partial charge in [-0.15, -0.1) is 0 Å². The van der Waals surface area contributed by atoms with Gasteiger partial charge in [-0.05, 0) is 18.2 Å². The number of amides is 1. The van der Waals surface area contributed by atoms with Crippen LogP contribution in [0.4, 0.5) is 4.39 Å². The van der Waals surface area contributed by atoms with Crippen molar-refractivity contribution >= 4 is 5.91 Å². The van der Waals surface area contributed by atoms with E-state index < -0.39 is 0 Å². The number of nitrogens with zero attached hydrogens (tertiary/aromatic N) is 3. The van der Waals surface area contributed by atoms with Crippen LogP contribution in [0.15, 0.2) is 30.3 Å². The van der Waals surface area contributed by atoms with Crippen LogP contribution in [-0.2, 0) is 11.2 Å². The van der Waals surface area contributed by atoms with Crippen LogP contribution in [-0.4, -0.2) is 38.3 Å². The lowest BCUT2D eigenvalue weighted by molar-refractivity contribution is -0.120. The average molecular weight is 300 g/mol. The number of hydrogen-bond acceptors (Lipinski definition) is 4. The van der Waals surface area contributed by atoms with Crippen molar-refractivity contribution in [3.8, 4) is 22.8 Å². The highest BCUT2D eigenvalue weighted by Gasteiger charge is 2.13. The molecule has 0 aliphatic carbocycles. The first-order chi connectivity index (χ1) is 10.7. The third kappa shape index (κ3) is 2.71. The Kier molecular flexibility index (Phi) is 3.65. The summed E-state index contributed by atoms with van der Waals surface area (Å²) < 4.78 is 13.7. The topological polar surface area (TPSA) is 99.3 Å². The second-order valence-electron chi connectivity index (χ2n) is 4.60. The Bertz CT molecular complexity index is 809. The predicted octanol–water partition coefficient (Wildman–Crippen LogP) is 1.29. The first kappa shape index (κ1) is 13.9. The van der Waals surface area contributed by atoms with E-state index in [1.165, 1.54) is 6.07 Å². The summed E-state index contributed by atoms with van der Waals surface area (Å²) in [5.74, 6) is 0.292. The normalized spacial score (nSPS) is 10.6. The molecule has 0 saturated carbocycles. The molecular weight excluding hydrogens is 287 g/mol. The Morgan fingerprint density at radius 2 is 2.09 bits per heavy atom.